The van der Waals surface area contributed by atoms with Crippen LogP contribution in [0.25, 0.3) is 10.4 Å². The zero-order valence-corrected chi connectivity index (χ0v) is 16.5. The van der Waals surface area contributed by atoms with E-state index in [4.69, 9.17) is 0 Å². The fraction of sp³-hybridized carbons (Fsp3) is 0.500. The molecule has 0 spiro atoms. The van der Waals surface area contributed by atoms with Crippen LogP contribution in [0, 0.1) is 0 Å². The number of nitrogens with one attached hydrogen (secondary N) is 2. The maximum atomic E-state index is 13.5. The molecule has 30 heavy (non-hydrogen) atoms. The molecule has 0 aromatic carbocycles. The van der Waals surface area contributed by atoms with Gasteiger partial charge in [0.25, 0.3) is 12.3 Å². The summed E-state index contributed by atoms with van der Waals surface area (Å²) < 4.78 is 65.1. The second-order valence-electron chi connectivity index (χ2n) is 7.03. The summed E-state index contributed by atoms with van der Waals surface area (Å²) in [6.07, 6.45) is -4.04. The van der Waals surface area contributed by atoms with Gasteiger partial charge in [0.1, 0.15) is 11.9 Å². The summed E-state index contributed by atoms with van der Waals surface area (Å²) >= 11 is 0.874. The Labute approximate surface area is 172 Å². The van der Waals surface area contributed by atoms with Crippen molar-refractivity contribution in [3.63, 3.8) is 0 Å². The van der Waals surface area contributed by atoms with Gasteiger partial charge in [-0.1, -0.05) is 0 Å². The molecule has 1 fully saturated rings. The van der Waals surface area contributed by atoms with Crippen molar-refractivity contribution in [1.29, 1.82) is 0 Å². The fourth-order valence-electron chi connectivity index (χ4n) is 3.08. The van der Waals surface area contributed by atoms with Crippen molar-refractivity contribution in [2.75, 3.05) is 5.32 Å². The van der Waals surface area contributed by atoms with Crippen molar-refractivity contribution < 1.29 is 31.9 Å². The van der Waals surface area contributed by atoms with Gasteiger partial charge in [0.15, 0.2) is 5.01 Å². The quantitative estimate of drug-likeness (QED) is 0.576. The monoisotopic (exact) mass is 450 g/mol. The topological polar surface area (TPSA) is 87.1 Å². The predicted octanol–water partition coefficient (Wildman–Crippen LogP) is 4.15. The van der Waals surface area contributed by atoms with Crippen LogP contribution in [-0.4, -0.2) is 45.3 Å². The van der Waals surface area contributed by atoms with Crippen LogP contribution in [0.2, 0.25) is 0 Å². The summed E-state index contributed by atoms with van der Waals surface area (Å²) in [5.41, 5.74) is -0.528. The molecule has 2 aromatic rings. The minimum Gasteiger partial charge on any atom is -0.393 e. The third-order valence-corrected chi connectivity index (χ3v) is 5.76. The van der Waals surface area contributed by atoms with Crippen LogP contribution in [0.1, 0.15) is 48.0 Å². The lowest BCUT2D eigenvalue weighted by Gasteiger charge is -2.18. The molecule has 0 radical (unpaired) electrons. The minimum atomic E-state index is -4.55. The summed E-state index contributed by atoms with van der Waals surface area (Å²) in [7, 11) is 0. The van der Waals surface area contributed by atoms with E-state index in [2.05, 4.69) is 20.6 Å². The van der Waals surface area contributed by atoms with E-state index in [1.807, 2.05) is 0 Å². The minimum absolute atomic E-state index is 0.0111. The van der Waals surface area contributed by atoms with Gasteiger partial charge in [-0.25, -0.2) is 18.7 Å². The molecule has 3 rings (SSSR count). The van der Waals surface area contributed by atoms with Gasteiger partial charge in [0.2, 0.25) is 0 Å². The first-order valence-electron chi connectivity index (χ1n) is 9.11. The highest BCUT2D eigenvalue weighted by Crippen LogP contribution is 2.36. The van der Waals surface area contributed by atoms with Crippen molar-refractivity contribution in [1.82, 2.24) is 15.3 Å². The number of alkyl halides is 5. The van der Waals surface area contributed by atoms with Crippen LogP contribution in [0.3, 0.4) is 0 Å². The van der Waals surface area contributed by atoms with Gasteiger partial charge in [-0.05, 0) is 32.3 Å². The molecule has 0 bridgehead atoms. The van der Waals surface area contributed by atoms with E-state index >= 15 is 0 Å². The zero-order chi connectivity index (χ0) is 22.1. The van der Waals surface area contributed by atoms with Crippen LogP contribution in [-0.2, 0) is 0 Å². The van der Waals surface area contributed by atoms with E-state index in [-0.39, 0.29) is 27.3 Å². The fourth-order valence-corrected chi connectivity index (χ4v) is 3.93. The largest absolute Gasteiger partial charge is 0.408 e. The van der Waals surface area contributed by atoms with E-state index in [1.54, 1.807) is 0 Å². The highest BCUT2D eigenvalue weighted by molar-refractivity contribution is 7.17. The van der Waals surface area contributed by atoms with Crippen molar-refractivity contribution in [3.8, 4) is 10.4 Å². The third kappa shape index (κ3) is 5.22. The number of pyridine rings is 1. The van der Waals surface area contributed by atoms with Crippen LogP contribution in [0.5, 0.6) is 0 Å². The zero-order valence-electron chi connectivity index (χ0n) is 15.7. The highest BCUT2D eigenvalue weighted by atomic mass is 32.1. The van der Waals surface area contributed by atoms with Gasteiger partial charge in [0, 0.05) is 29.6 Å². The molecule has 3 atom stereocenters. The van der Waals surface area contributed by atoms with Gasteiger partial charge in [-0.15, -0.1) is 11.3 Å². The number of hydrogen-bond donors (Lipinski definition) is 3. The lowest BCUT2D eigenvalue weighted by atomic mass is 10.1. The average molecular weight is 450 g/mol. The Morgan fingerprint density at radius 2 is 2.00 bits per heavy atom. The molecule has 3 N–H and O–H groups in total. The third-order valence-electron chi connectivity index (χ3n) is 4.73. The molecule has 2 heterocycles. The number of hydrogen-bond acceptors (Lipinski definition) is 6. The number of thiazole rings is 1. The second-order valence-corrected chi connectivity index (χ2v) is 8.06. The molecule has 0 aliphatic heterocycles. The van der Waals surface area contributed by atoms with Crippen molar-refractivity contribution in [2.24, 2.45) is 0 Å². The van der Waals surface area contributed by atoms with Gasteiger partial charge in [-0.3, -0.25) is 4.79 Å². The number of aliphatic hydroxyl groups excluding tert-OH is 1. The number of aromatic nitrogens is 2. The number of carbonyl (C=O) groups is 1. The molecule has 1 saturated carbocycles. The summed E-state index contributed by atoms with van der Waals surface area (Å²) in [6.45, 7) is 0.856. The molecular formula is C18H19F5N4O2S. The summed E-state index contributed by atoms with van der Waals surface area (Å²) in [4.78, 5) is 20.3. The van der Waals surface area contributed by atoms with Crippen molar-refractivity contribution in [2.45, 2.75) is 57.0 Å². The summed E-state index contributed by atoms with van der Waals surface area (Å²) in [6, 6.07) is -1.28. The normalized spacial score (nSPS) is 20.4. The molecule has 1 aliphatic rings. The molecule has 0 saturated heterocycles. The maximum absolute atomic E-state index is 13.5. The number of anilines is 1. The molecule has 12 heteroatoms. The molecule has 1 aliphatic carbocycles. The Morgan fingerprint density at radius 3 is 2.60 bits per heavy atom. The predicted molar refractivity (Wildman–Crippen MR) is 101 cm³/mol. The van der Waals surface area contributed by atoms with E-state index in [0.29, 0.717) is 19.3 Å². The van der Waals surface area contributed by atoms with Gasteiger partial charge < -0.3 is 15.7 Å². The summed E-state index contributed by atoms with van der Waals surface area (Å²) in [5, 5.41) is 14.4. The van der Waals surface area contributed by atoms with E-state index < -0.39 is 36.2 Å². The number of rotatable bonds is 6. The Balaban J connectivity index is 1.79. The molecule has 0 unspecified atom stereocenters. The number of aliphatic hydroxyl groups is 1. The molecule has 164 valence electrons. The molecular weight excluding hydrogens is 431 g/mol. The van der Waals surface area contributed by atoms with Crippen LogP contribution in [0.15, 0.2) is 18.5 Å². The molecule has 1 amide bonds. The Morgan fingerprint density at radius 1 is 1.27 bits per heavy atom. The summed E-state index contributed by atoms with van der Waals surface area (Å²) in [5.74, 6) is -0.810. The van der Waals surface area contributed by atoms with Gasteiger partial charge in [0.05, 0.1) is 11.0 Å². The van der Waals surface area contributed by atoms with Crippen molar-refractivity contribution >= 4 is 23.1 Å². The van der Waals surface area contributed by atoms with E-state index in [1.165, 1.54) is 6.20 Å². The van der Waals surface area contributed by atoms with E-state index in [0.717, 1.165) is 30.5 Å². The first kappa shape index (κ1) is 22.3. The average Bonchev–Trinajstić information content (AvgIpc) is 3.30. The van der Waals surface area contributed by atoms with Gasteiger partial charge in [-0.2, -0.15) is 13.2 Å². The Kier molecular flexibility index (Phi) is 6.56. The van der Waals surface area contributed by atoms with Gasteiger partial charge >= 0.3 is 6.18 Å². The highest BCUT2D eigenvalue weighted by Gasteiger charge is 2.36. The van der Waals surface area contributed by atoms with Crippen LogP contribution in [0.4, 0.5) is 27.8 Å². The van der Waals surface area contributed by atoms with Crippen LogP contribution >= 0.6 is 11.3 Å². The number of nitrogens with zero attached hydrogens (tertiary/aromatic N) is 2. The lowest BCUT2D eigenvalue weighted by Crippen LogP contribution is -2.33. The van der Waals surface area contributed by atoms with E-state index in [9.17, 15) is 31.9 Å². The van der Waals surface area contributed by atoms with Crippen molar-refractivity contribution in [3.05, 3.63) is 29.0 Å². The smallest absolute Gasteiger partial charge is 0.393 e. The van der Waals surface area contributed by atoms with Crippen LogP contribution < -0.4 is 10.6 Å². The standard InChI is InChI=1S/C18H19F5N4O2S/c1-8(18(21,22)23)26-14-5-11(15(19)20)12(6-24-14)13-7-25-17(30-13)16(29)27-9-2-3-10(28)4-9/h5-10,15,28H,2-4H2,1H3,(H,24,26)(H,27,29)/t8-,9+,10+/m0/s1. The lowest BCUT2D eigenvalue weighted by molar-refractivity contribution is -0.138. The maximum Gasteiger partial charge on any atom is 0.408 e. The first-order chi connectivity index (χ1) is 14.0. The Bertz CT molecular complexity index is 905. The number of amides is 1. The molecule has 6 nitrogen and oxygen atoms in total. The first-order valence-corrected chi connectivity index (χ1v) is 9.92. The second kappa shape index (κ2) is 8.80. The Hall–Kier alpha value is -2.34. The SMILES string of the molecule is C[C@H](Nc1cc(C(F)F)c(-c2cnc(C(=O)N[C@@H]3CC[C@@H](O)C3)s2)cn1)C(F)(F)F. The number of halogens is 5. The number of carbonyl (C=O) groups excluding carboxylic acids is 1. The molecule has 2 aromatic heterocycles.